The average molecular weight is 287 g/mol. The molecule has 2 rings (SSSR count). The highest BCUT2D eigenvalue weighted by molar-refractivity contribution is 7.08. The Kier molecular flexibility index (Phi) is 5.53. The molecule has 3 unspecified atom stereocenters. The first kappa shape index (κ1) is 15.4. The van der Waals surface area contributed by atoms with Crippen LogP contribution in [-0.2, 0) is 0 Å². The van der Waals surface area contributed by atoms with Gasteiger partial charge in [0.25, 0.3) is 0 Å². The second-order valence-electron chi connectivity index (χ2n) is 6.33. The number of hydrogen-bond acceptors (Lipinski definition) is 2. The Hall–Kier alpha value is -0.955. The molecule has 1 N–H and O–H groups in total. The molecule has 0 amide bonds. The molecular weight excluding hydrogens is 261 g/mol. The summed E-state index contributed by atoms with van der Waals surface area (Å²) in [7, 11) is 1.27. The fourth-order valence-corrected chi connectivity index (χ4v) is 3.87. The van der Waals surface area contributed by atoms with Crippen LogP contribution in [0.15, 0.2) is 41.3 Å². The second kappa shape index (κ2) is 7.17. The maximum absolute atomic E-state index is 4.25. The largest absolute Gasteiger partial charge is 0.393 e. The van der Waals surface area contributed by atoms with Gasteiger partial charge in [0.15, 0.2) is 0 Å². The molecule has 20 heavy (non-hydrogen) atoms. The van der Waals surface area contributed by atoms with Crippen molar-refractivity contribution in [1.82, 2.24) is 5.32 Å². The predicted molar refractivity (Wildman–Crippen MR) is 92.9 cm³/mol. The van der Waals surface area contributed by atoms with E-state index >= 15 is 0 Å². The average Bonchev–Trinajstić information content (AvgIpc) is 2.93. The van der Waals surface area contributed by atoms with E-state index in [0.717, 1.165) is 5.92 Å². The third-order valence-electron chi connectivity index (χ3n) is 4.44. The van der Waals surface area contributed by atoms with Gasteiger partial charge in [-0.05, 0) is 60.4 Å². The zero-order valence-corrected chi connectivity index (χ0v) is 13.6. The predicted octanol–water partition coefficient (Wildman–Crippen LogP) is 4.51. The molecule has 0 spiro atoms. The van der Waals surface area contributed by atoms with E-state index in [0.29, 0.717) is 11.9 Å². The molecule has 2 heterocycles. The van der Waals surface area contributed by atoms with Crippen LogP contribution in [0.4, 0.5) is 0 Å². The van der Waals surface area contributed by atoms with E-state index in [1.54, 1.807) is 11.3 Å². The lowest BCUT2D eigenvalue weighted by atomic mass is 9.55. The van der Waals surface area contributed by atoms with Crippen molar-refractivity contribution in [1.29, 1.82) is 0 Å². The van der Waals surface area contributed by atoms with E-state index in [4.69, 9.17) is 0 Å². The van der Waals surface area contributed by atoms with Crippen LogP contribution in [0.3, 0.4) is 0 Å². The highest BCUT2D eigenvalue weighted by Gasteiger charge is 2.23. The quantitative estimate of drug-likeness (QED) is 0.599. The number of allylic oxidation sites excluding steroid dienone is 2. The van der Waals surface area contributed by atoms with E-state index in [-0.39, 0.29) is 0 Å². The normalized spacial score (nSPS) is 23.7. The van der Waals surface area contributed by atoms with Crippen molar-refractivity contribution >= 4 is 18.6 Å². The van der Waals surface area contributed by atoms with Gasteiger partial charge in [0, 0.05) is 11.6 Å². The number of hydrogen-bond donors (Lipinski definition) is 1. The minimum atomic E-state index is 0.411. The van der Waals surface area contributed by atoms with Gasteiger partial charge in [-0.15, -0.1) is 6.58 Å². The van der Waals surface area contributed by atoms with Crippen molar-refractivity contribution < 1.29 is 0 Å². The smallest absolute Gasteiger partial charge is 0.149 e. The Labute approximate surface area is 128 Å². The molecule has 0 radical (unpaired) electrons. The second-order valence-corrected chi connectivity index (χ2v) is 7.11. The zero-order chi connectivity index (χ0) is 14.5. The minimum Gasteiger partial charge on any atom is -0.393 e. The summed E-state index contributed by atoms with van der Waals surface area (Å²) in [5, 5.41) is 8.03. The first-order valence-corrected chi connectivity index (χ1v) is 8.62. The third kappa shape index (κ3) is 4.27. The molecule has 0 aliphatic carbocycles. The van der Waals surface area contributed by atoms with Crippen molar-refractivity contribution in [2.75, 3.05) is 0 Å². The van der Waals surface area contributed by atoms with Gasteiger partial charge in [0.1, 0.15) is 7.28 Å². The molecule has 1 fully saturated rings. The lowest BCUT2D eigenvalue weighted by Gasteiger charge is -2.31. The van der Waals surface area contributed by atoms with Gasteiger partial charge in [0.05, 0.1) is 0 Å². The Morgan fingerprint density at radius 1 is 1.50 bits per heavy atom. The summed E-state index contributed by atoms with van der Waals surface area (Å²) in [6.45, 7) is 12.7. The van der Waals surface area contributed by atoms with Gasteiger partial charge in [-0.3, -0.25) is 0 Å². The Morgan fingerprint density at radius 2 is 2.30 bits per heavy atom. The van der Waals surface area contributed by atoms with Crippen LogP contribution in [0.5, 0.6) is 0 Å². The molecule has 108 valence electrons. The van der Waals surface area contributed by atoms with Crippen molar-refractivity contribution in [3.8, 4) is 0 Å². The number of thiophene rings is 1. The summed E-state index contributed by atoms with van der Waals surface area (Å²) >= 11 is 1.76. The van der Waals surface area contributed by atoms with E-state index in [1.165, 1.54) is 49.7 Å². The lowest BCUT2D eigenvalue weighted by molar-refractivity contribution is 0.449. The fourth-order valence-electron chi connectivity index (χ4n) is 3.11. The summed E-state index contributed by atoms with van der Waals surface area (Å²) in [5.41, 5.74) is 3.88. The van der Waals surface area contributed by atoms with E-state index in [9.17, 15) is 0 Å². The molecule has 3 heteroatoms. The molecule has 1 aliphatic rings. The minimum absolute atomic E-state index is 0.411. The third-order valence-corrected chi connectivity index (χ3v) is 5.14. The van der Waals surface area contributed by atoms with Gasteiger partial charge in [-0.25, -0.2) is 0 Å². The highest BCUT2D eigenvalue weighted by atomic mass is 32.1. The summed E-state index contributed by atoms with van der Waals surface area (Å²) in [6.07, 6.45) is 5.13. The number of nitrogens with one attached hydrogen (secondary N) is 1. The van der Waals surface area contributed by atoms with Gasteiger partial charge >= 0.3 is 0 Å². The van der Waals surface area contributed by atoms with Crippen molar-refractivity contribution in [3.63, 3.8) is 0 Å². The maximum atomic E-state index is 4.25. The molecular formula is C17H26BNS. The van der Waals surface area contributed by atoms with Crippen molar-refractivity contribution in [2.24, 2.45) is 5.92 Å². The standard InChI is InChI=1S/C17H26BNS/c1-12(2)9-15-5-6-17(18-10-15)19-14(4)13(3)16-7-8-20-11-16/h7-8,11,13,15,17-19H,1,4-6,9-10H2,2-3H3. The molecule has 1 aromatic heterocycles. The van der Waals surface area contributed by atoms with E-state index < -0.39 is 0 Å². The van der Waals surface area contributed by atoms with E-state index in [1.807, 2.05) is 0 Å². The summed E-state index contributed by atoms with van der Waals surface area (Å²) < 4.78 is 0. The van der Waals surface area contributed by atoms with Crippen LogP contribution < -0.4 is 5.32 Å². The monoisotopic (exact) mass is 287 g/mol. The molecule has 1 saturated heterocycles. The number of rotatable bonds is 6. The first-order chi connectivity index (χ1) is 9.56. The molecule has 3 atom stereocenters. The lowest BCUT2D eigenvalue weighted by Crippen LogP contribution is -2.39. The summed E-state index contributed by atoms with van der Waals surface area (Å²) in [6, 6.07) is 2.20. The molecule has 1 nitrogen and oxygen atoms in total. The fraction of sp³-hybridized carbons (Fsp3) is 0.529. The molecule has 0 saturated carbocycles. The van der Waals surface area contributed by atoms with Crippen molar-refractivity contribution in [2.45, 2.75) is 51.3 Å². The topological polar surface area (TPSA) is 12.0 Å². The Bertz CT molecular complexity index is 444. The molecule has 0 bridgehead atoms. The van der Waals surface area contributed by atoms with Crippen LogP contribution >= 0.6 is 11.3 Å². The van der Waals surface area contributed by atoms with Gasteiger partial charge in [0.2, 0.25) is 0 Å². The molecule has 0 aromatic carbocycles. The highest BCUT2D eigenvalue weighted by Crippen LogP contribution is 2.28. The van der Waals surface area contributed by atoms with Crippen LogP contribution in [0.2, 0.25) is 6.32 Å². The maximum Gasteiger partial charge on any atom is 0.149 e. The van der Waals surface area contributed by atoms with E-state index in [2.05, 4.69) is 49.1 Å². The van der Waals surface area contributed by atoms with Gasteiger partial charge in [-0.1, -0.05) is 25.4 Å². The summed E-state index contributed by atoms with van der Waals surface area (Å²) in [4.78, 5) is 0. The van der Waals surface area contributed by atoms with Crippen molar-refractivity contribution in [3.05, 3.63) is 46.8 Å². The Morgan fingerprint density at radius 3 is 2.85 bits per heavy atom. The Balaban J connectivity index is 1.78. The van der Waals surface area contributed by atoms with Gasteiger partial charge in [-0.2, -0.15) is 11.3 Å². The molecule has 1 aliphatic heterocycles. The van der Waals surface area contributed by atoms with Gasteiger partial charge < -0.3 is 5.32 Å². The SMILES string of the molecule is C=C(C)CC1CBC(NC(=C)C(C)c2ccsc2)CC1. The van der Waals surface area contributed by atoms with Crippen LogP contribution in [-0.4, -0.2) is 13.2 Å². The summed E-state index contributed by atoms with van der Waals surface area (Å²) in [5.74, 6) is 1.88. The van der Waals surface area contributed by atoms with Crippen LogP contribution in [0.1, 0.15) is 44.6 Å². The zero-order valence-electron chi connectivity index (χ0n) is 12.8. The van der Waals surface area contributed by atoms with Crippen LogP contribution in [0.25, 0.3) is 0 Å². The molecule has 1 aromatic rings. The first-order valence-electron chi connectivity index (χ1n) is 7.68. The van der Waals surface area contributed by atoms with Crippen LogP contribution in [0, 0.1) is 5.92 Å².